The van der Waals surface area contributed by atoms with Crippen molar-refractivity contribution in [1.82, 2.24) is 0 Å². The summed E-state index contributed by atoms with van der Waals surface area (Å²) in [4.78, 5) is 28.6. The first-order valence-electron chi connectivity index (χ1n) is 9.14. The van der Waals surface area contributed by atoms with Gasteiger partial charge in [-0.3, -0.25) is 9.69 Å². The van der Waals surface area contributed by atoms with Gasteiger partial charge >= 0.3 is 6.03 Å². The molecule has 1 aliphatic heterocycles. The number of nitrogens with zero attached hydrogens (tertiary/aromatic N) is 2. The lowest BCUT2D eigenvalue weighted by molar-refractivity contribution is 0.0986. The molecule has 0 atom stereocenters. The first-order valence-corrected chi connectivity index (χ1v) is 9.14. The molecule has 0 aromatic heterocycles. The fraction of sp³-hybridized carbons (Fsp3) is 0.0909. The van der Waals surface area contributed by atoms with Crippen molar-refractivity contribution in [2.24, 2.45) is 0 Å². The monoisotopic (exact) mass is 411 g/mol. The molecule has 0 aliphatic carbocycles. The minimum Gasteiger partial charge on any atom is -0.307 e. The number of anilines is 3. The number of hydrogen-bond acceptors (Lipinski definition) is 2. The molecule has 3 aromatic rings. The van der Waals surface area contributed by atoms with E-state index in [-0.39, 0.29) is 24.7 Å². The first kappa shape index (κ1) is 19.5. The summed E-state index contributed by atoms with van der Waals surface area (Å²) >= 11 is 0. The summed E-state index contributed by atoms with van der Waals surface area (Å²) in [6, 6.07) is 16.4. The van der Waals surface area contributed by atoms with E-state index in [0.29, 0.717) is 29.1 Å². The normalized spacial score (nSPS) is 13.0. The van der Waals surface area contributed by atoms with E-state index in [2.05, 4.69) is 5.32 Å². The summed E-state index contributed by atoms with van der Waals surface area (Å²) in [7, 11) is 0. The van der Waals surface area contributed by atoms with Gasteiger partial charge in [-0.25, -0.2) is 18.0 Å². The predicted molar refractivity (Wildman–Crippen MR) is 107 cm³/mol. The molecule has 4 rings (SSSR count). The van der Waals surface area contributed by atoms with Crippen LogP contribution >= 0.6 is 0 Å². The average Bonchev–Trinajstić information content (AvgIpc) is 2.76. The van der Waals surface area contributed by atoms with Crippen molar-refractivity contribution in [3.05, 3.63) is 89.7 Å². The Kier molecular flexibility index (Phi) is 5.14. The van der Waals surface area contributed by atoms with Gasteiger partial charge in [0.15, 0.2) is 17.5 Å². The summed E-state index contributed by atoms with van der Waals surface area (Å²) < 4.78 is 40.0. The molecular weight excluding hydrogens is 395 g/mol. The SMILES string of the molecule is O=C(Nc1cc(F)c(F)c(F)c1)N1CCN(C(=O)c2ccccc2)c2ccccc21. The van der Waals surface area contributed by atoms with Crippen LogP contribution in [0.4, 0.5) is 35.0 Å². The van der Waals surface area contributed by atoms with E-state index in [4.69, 9.17) is 0 Å². The predicted octanol–water partition coefficient (Wildman–Crippen LogP) is 4.80. The highest BCUT2D eigenvalue weighted by Gasteiger charge is 2.30. The Hall–Kier alpha value is -3.81. The maximum Gasteiger partial charge on any atom is 0.326 e. The molecule has 8 heteroatoms. The van der Waals surface area contributed by atoms with E-state index >= 15 is 0 Å². The molecule has 3 amide bonds. The fourth-order valence-electron chi connectivity index (χ4n) is 3.34. The molecule has 3 aromatic carbocycles. The van der Waals surface area contributed by atoms with Gasteiger partial charge in [0.1, 0.15) is 0 Å². The molecular formula is C22H16F3N3O2. The Morgan fingerprint density at radius 3 is 1.93 bits per heavy atom. The third-order valence-corrected chi connectivity index (χ3v) is 4.76. The average molecular weight is 411 g/mol. The molecule has 0 bridgehead atoms. The molecule has 1 N–H and O–H groups in total. The highest BCUT2D eigenvalue weighted by atomic mass is 19.2. The summed E-state index contributed by atoms with van der Waals surface area (Å²) in [5.41, 5.74) is 1.30. The number of carbonyl (C=O) groups excluding carboxylic acids is 2. The molecule has 30 heavy (non-hydrogen) atoms. The fourth-order valence-corrected chi connectivity index (χ4v) is 3.34. The lowest BCUT2D eigenvalue weighted by Gasteiger charge is -2.36. The van der Waals surface area contributed by atoms with Crippen molar-refractivity contribution in [3.8, 4) is 0 Å². The number of hydrogen-bond donors (Lipinski definition) is 1. The van der Waals surface area contributed by atoms with Crippen LogP contribution in [-0.4, -0.2) is 25.0 Å². The van der Waals surface area contributed by atoms with E-state index in [1.165, 1.54) is 4.90 Å². The molecule has 1 heterocycles. The molecule has 0 saturated carbocycles. The number of benzene rings is 3. The van der Waals surface area contributed by atoms with Crippen molar-refractivity contribution in [3.63, 3.8) is 0 Å². The van der Waals surface area contributed by atoms with Gasteiger partial charge in [-0.1, -0.05) is 30.3 Å². The minimum absolute atomic E-state index is 0.160. The van der Waals surface area contributed by atoms with Crippen LogP contribution in [0.1, 0.15) is 10.4 Å². The van der Waals surface area contributed by atoms with Crippen LogP contribution < -0.4 is 15.1 Å². The molecule has 0 spiro atoms. The number of fused-ring (bicyclic) bond motifs is 1. The highest BCUT2D eigenvalue weighted by molar-refractivity contribution is 6.11. The second-order valence-electron chi connectivity index (χ2n) is 6.65. The van der Waals surface area contributed by atoms with Crippen molar-refractivity contribution in [2.75, 3.05) is 28.2 Å². The third kappa shape index (κ3) is 3.59. The van der Waals surface area contributed by atoms with Crippen molar-refractivity contribution < 1.29 is 22.8 Å². The van der Waals surface area contributed by atoms with Crippen LogP contribution in [0, 0.1) is 17.5 Å². The van der Waals surface area contributed by atoms with Crippen LogP contribution in [0.5, 0.6) is 0 Å². The zero-order chi connectivity index (χ0) is 21.3. The van der Waals surface area contributed by atoms with Gasteiger partial charge in [-0.2, -0.15) is 0 Å². The number of amides is 3. The van der Waals surface area contributed by atoms with E-state index in [1.807, 2.05) is 6.07 Å². The Labute approximate surface area is 170 Å². The van der Waals surface area contributed by atoms with Crippen molar-refractivity contribution in [1.29, 1.82) is 0 Å². The number of nitrogens with one attached hydrogen (secondary N) is 1. The van der Waals surface area contributed by atoms with E-state index in [0.717, 1.165) is 0 Å². The summed E-state index contributed by atoms with van der Waals surface area (Å²) in [6.45, 7) is 0.387. The molecule has 5 nitrogen and oxygen atoms in total. The summed E-state index contributed by atoms with van der Waals surface area (Å²) in [6.07, 6.45) is 0. The third-order valence-electron chi connectivity index (χ3n) is 4.76. The van der Waals surface area contributed by atoms with Crippen LogP contribution in [0.25, 0.3) is 0 Å². The molecule has 152 valence electrons. The Balaban J connectivity index is 1.61. The van der Waals surface area contributed by atoms with Crippen LogP contribution in [0.3, 0.4) is 0 Å². The van der Waals surface area contributed by atoms with Crippen LogP contribution in [0.2, 0.25) is 0 Å². The zero-order valence-electron chi connectivity index (χ0n) is 15.6. The second-order valence-corrected chi connectivity index (χ2v) is 6.65. The van der Waals surface area contributed by atoms with E-state index < -0.39 is 23.5 Å². The van der Waals surface area contributed by atoms with Crippen molar-refractivity contribution >= 4 is 29.0 Å². The number of carbonyl (C=O) groups is 2. The summed E-state index contributed by atoms with van der Waals surface area (Å²) in [5, 5.41) is 2.37. The van der Waals surface area contributed by atoms with Gasteiger partial charge < -0.3 is 10.2 Å². The topological polar surface area (TPSA) is 52.7 Å². The van der Waals surface area contributed by atoms with Crippen LogP contribution in [0.15, 0.2) is 66.7 Å². The minimum atomic E-state index is -1.61. The molecule has 0 radical (unpaired) electrons. The van der Waals surface area contributed by atoms with E-state index in [1.54, 1.807) is 53.4 Å². The lowest BCUT2D eigenvalue weighted by Crippen LogP contribution is -2.47. The molecule has 0 unspecified atom stereocenters. The Morgan fingerprint density at radius 1 is 0.767 bits per heavy atom. The number of para-hydroxylation sites is 2. The summed E-state index contributed by atoms with van der Waals surface area (Å²) in [5.74, 6) is -4.61. The first-order chi connectivity index (χ1) is 14.5. The van der Waals surface area contributed by atoms with Gasteiger partial charge in [0, 0.05) is 36.5 Å². The van der Waals surface area contributed by atoms with Gasteiger partial charge in [0.2, 0.25) is 0 Å². The largest absolute Gasteiger partial charge is 0.326 e. The zero-order valence-corrected chi connectivity index (χ0v) is 15.6. The van der Waals surface area contributed by atoms with Gasteiger partial charge in [0.05, 0.1) is 11.4 Å². The van der Waals surface area contributed by atoms with Crippen molar-refractivity contribution in [2.45, 2.75) is 0 Å². The standard InChI is InChI=1S/C22H16F3N3O2/c23-16-12-15(13-17(24)20(16)25)26-22(30)28-11-10-27(18-8-4-5-9-19(18)28)21(29)14-6-2-1-3-7-14/h1-9,12-13H,10-11H2,(H,26,30). The Bertz CT molecular complexity index is 1100. The van der Waals surface area contributed by atoms with Gasteiger partial charge in [-0.05, 0) is 24.3 Å². The van der Waals surface area contributed by atoms with Gasteiger partial charge in [0.25, 0.3) is 5.91 Å². The maximum absolute atomic E-state index is 13.4. The lowest BCUT2D eigenvalue weighted by atomic mass is 10.1. The Morgan fingerprint density at radius 2 is 1.30 bits per heavy atom. The maximum atomic E-state index is 13.4. The van der Waals surface area contributed by atoms with Crippen LogP contribution in [-0.2, 0) is 0 Å². The molecule has 1 aliphatic rings. The van der Waals surface area contributed by atoms with E-state index in [9.17, 15) is 22.8 Å². The smallest absolute Gasteiger partial charge is 0.307 e. The number of rotatable bonds is 2. The highest BCUT2D eigenvalue weighted by Crippen LogP contribution is 2.34. The molecule has 0 saturated heterocycles. The second kappa shape index (κ2) is 7.90. The molecule has 0 fully saturated rings. The van der Waals surface area contributed by atoms with Gasteiger partial charge in [-0.15, -0.1) is 0 Å². The quantitative estimate of drug-likeness (QED) is 0.616. The number of urea groups is 1. The number of halogens is 3.